The number of halogens is 4. The van der Waals surface area contributed by atoms with E-state index in [1.807, 2.05) is 0 Å². The van der Waals surface area contributed by atoms with Gasteiger partial charge in [-0.15, -0.1) is 11.6 Å². The lowest BCUT2D eigenvalue weighted by Crippen LogP contribution is -2.40. The fourth-order valence-electron chi connectivity index (χ4n) is 1.97. The standard InChI is InChI=1S/C12H11ClF3NO/c13-7-2-1-5-17(6-7)12(18)8-3-4-9(14)11(16)10(8)15/h3-4,7H,1-2,5-6H2. The van der Waals surface area contributed by atoms with Gasteiger partial charge in [0.1, 0.15) is 0 Å². The second kappa shape index (κ2) is 5.18. The zero-order valence-electron chi connectivity index (χ0n) is 9.43. The van der Waals surface area contributed by atoms with Crippen LogP contribution in [0.25, 0.3) is 0 Å². The van der Waals surface area contributed by atoms with Crippen molar-refractivity contribution >= 4 is 17.5 Å². The van der Waals surface area contributed by atoms with E-state index in [4.69, 9.17) is 11.6 Å². The largest absolute Gasteiger partial charge is 0.337 e. The molecule has 0 bridgehead atoms. The van der Waals surface area contributed by atoms with Gasteiger partial charge in [0.25, 0.3) is 5.91 Å². The molecule has 1 fully saturated rings. The molecule has 98 valence electrons. The summed E-state index contributed by atoms with van der Waals surface area (Å²) < 4.78 is 39.3. The van der Waals surface area contributed by atoms with Gasteiger partial charge in [-0.25, -0.2) is 13.2 Å². The Morgan fingerprint density at radius 3 is 2.67 bits per heavy atom. The number of carbonyl (C=O) groups is 1. The van der Waals surface area contributed by atoms with Gasteiger partial charge in [-0.05, 0) is 25.0 Å². The molecule has 0 N–H and O–H groups in total. The number of alkyl halides is 1. The van der Waals surface area contributed by atoms with E-state index in [2.05, 4.69) is 0 Å². The Morgan fingerprint density at radius 2 is 2.00 bits per heavy atom. The predicted octanol–water partition coefficient (Wildman–Crippen LogP) is 2.95. The van der Waals surface area contributed by atoms with Crippen molar-refractivity contribution in [2.45, 2.75) is 18.2 Å². The maximum absolute atomic E-state index is 13.5. The first-order valence-corrected chi connectivity index (χ1v) is 6.01. The molecule has 1 saturated heterocycles. The van der Waals surface area contributed by atoms with Gasteiger partial charge in [-0.1, -0.05) is 0 Å². The number of amides is 1. The molecule has 2 nitrogen and oxygen atoms in total. The van der Waals surface area contributed by atoms with Gasteiger partial charge in [0.15, 0.2) is 17.5 Å². The molecule has 1 aromatic rings. The van der Waals surface area contributed by atoms with Crippen LogP contribution >= 0.6 is 11.6 Å². The van der Waals surface area contributed by atoms with E-state index in [0.717, 1.165) is 18.6 Å². The Balaban J connectivity index is 2.26. The van der Waals surface area contributed by atoms with Gasteiger partial charge >= 0.3 is 0 Å². The molecule has 0 aliphatic carbocycles. The zero-order chi connectivity index (χ0) is 13.3. The maximum Gasteiger partial charge on any atom is 0.256 e. The third-order valence-corrected chi connectivity index (χ3v) is 3.27. The van der Waals surface area contributed by atoms with Gasteiger partial charge in [0, 0.05) is 13.1 Å². The number of hydrogen-bond donors (Lipinski definition) is 0. The summed E-state index contributed by atoms with van der Waals surface area (Å²) in [7, 11) is 0. The van der Waals surface area contributed by atoms with Crippen LogP contribution in [0.2, 0.25) is 0 Å². The molecule has 1 aromatic carbocycles. The Morgan fingerprint density at radius 1 is 1.28 bits per heavy atom. The van der Waals surface area contributed by atoms with Crippen LogP contribution < -0.4 is 0 Å². The lowest BCUT2D eigenvalue weighted by atomic mass is 10.1. The van der Waals surface area contributed by atoms with Gasteiger partial charge in [-0.2, -0.15) is 0 Å². The van der Waals surface area contributed by atoms with Crippen molar-refractivity contribution in [1.29, 1.82) is 0 Å². The number of likely N-dealkylation sites (tertiary alicyclic amines) is 1. The van der Waals surface area contributed by atoms with Crippen molar-refractivity contribution in [2.75, 3.05) is 13.1 Å². The summed E-state index contributed by atoms with van der Waals surface area (Å²) in [6, 6.07) is 1.70. The number of benzene rings is 1. The van der Waals surface area contributed by atoms with E-state index in [9.17, 15) is 18.0 Å². The fourth-order valence-corrected chi connectivity index (χ4v) is 2.29. The van der Waals surface area contributed by atoms with Crippen molar-refractivity contribution in [3.63, 3.8) is 0 Å². The lowest BCUT2D eigenvalue weighted by molar-refractivity contribution is 0.0721. The average Bonchev–Trinajstić information content (AvgIpc) is 2.35. The van der Waals surface area contributed by atoms with Crippen LogP contribution in [-0.2, 0) is 0 Å². The molecule has 0 saturated carbocycles. The Bertz CT molecular complexity index is 481. The number of nitrogens with zero attached hydrogens (tertiary/aromatic N) is 1. The minimum atomic E-state index is -1.62. The highest BCUT2D eigenvalue weighted by molar-refractivity contribution is 6.21. The van der Waals surface area contributed by atoms with E-state index in [1.165, 1.54) is 4.90 Å². The number of rotatable bonds is 1. The summed E-state index contributed by atoms with van der Waals surface area (Å²) in [6.45, 7) is 0.735. The highest BCUT2D eigenvalue weighted by atomic mass is 35.5. The van der Waals surface area contributed by atoms with Gasteiger partial charge in [-0.3, -0.25) is 4.79 Å². The maximum atomic E-state index is 13.5. The Hall–Kier alpha value is -1.23. The Labute approximate surface area is 107 Å². The summed E-state index contributed by atoms with van der Waals surface area (Å²) in [5.74, 6) is -5.04. The molecule has 18 heavy (non-hydrogen) atoms. The summed E-state index contributed by atoms with van der Waals surface area (Å²) in [6.07, 6.45) is 1.50. The predicted molar refractivity (Wildman–Crippen MR) is 61.1 cm³/mol. The SMILES string of the molecule is O=C(c1ccc(F)c(F)c1F)N1CCCC(Cl)C1. The van der Waals surface area contributed by atoms with Crippen LogP contribution in [0.4, 0.5) is 13.2 Å². The van der Waals surface area contributed by atoms with Crippen molar-refractivity contribution < 1.29 is 18.0 Å². The second-order valence-corrected chi connectivity index (χ2v) is 4.83. The first kappa shape index (κ1) is 13.2. The zero-order valence-corrected chi connectivity index (χ0v) is 10.2. The smallest absolute Gasteiger partial charge is 0.256 e. The lowest BCUT2D eigenvalue weighted by Gasteiger charge is -2.29. The van der Waals surface area contributed by atoms with E-state index in [-0.39, 0.29) is 5.38 Å². The summed E-state index contributed by atoms with van der Waals surface area (Å²) in [4.78, 5) is 13.3. The van der Waals surface area contributed by atoms with Gasteiger partial charge in [0.05, 0.1) is 10.9 Å². The van der Waals surface area contributed by atoms with E-state index >= 15 is 0 Å². The molecule has 0 aromatic heterocycles. The first-order valence-electron chi connectivity index (χ1n) is 5.57. The van der Waals surface area contributed by atoms with E-state index < -0.39 is 28.9 Å². The first-order chi connectivity index (χ1) is 8.50. The summed E-state index contributed by atoms with van der Waals surface area (Å²) in [5, 5.41) is -0.184. The molecular formula is C12H11ClF3NO. The molecule has 1 atom stereocenters. The molecule has 6 heteroatoms. The molecular weight excluding hydrogens is 267 g/mol. The molecule has 0 radical (unpaired) electrons. The van der Waals surface area contributed by atoms with Crippen molar-refractivity contribution in [3.8, 4) is 0 Å². The van der Waals surface area contributed by atoms with Crippen LogP contribution in [0, 0.1) is 17.5 Å². The average molecular weight is 278 g/mol. The Kier molecular flexibility index (Phi) is 3.80. The third kappa shape index (κ3) is 2.46. The monoisotopic (exact) mass is 277 g/mol. The molecule has 1 aliphatic heterocycles. The quantitative estimate of drug-likeness (QED) is 0.571. The molecule has 1 unspecified atom stereocenters. The highest BCUT2D eigenvalue weighted by Gasteiger charge is 2.26. The topological polar surface area (TPSA) is 20.3 Å². The molecule has 0 spiro atoms. The third-order valence-electron chi connectivity index (χ3n) is 2.92. The van der Waals surface area contributed by atoms with Crippen molar-refractivity contribution in [3.05, 3.63) is 35.1 Å². The minimum absolute atomic E-state index is 0.184. The van der Waals surface area contributed by atoms with Crippen LogP contribution in [0.1, 0.15) is 23.2 Å². The van der Waals surface area contributed by atoms with Crippen molar-refractivity contribution in [1.82, 2.24) is 4.90 Å². The van der Waals surface area contributed by atoms with Crippen LogP contribution in [-0.4, -0.2) is 29.3 Å². The number of piperidine rings is 1. The fraction of sp³-hybridized carbons (Fsp3) is 0.417. The molecule has 1 amide bonds. The number of carbonyl (C=O) groups excluding carboxylic acids is 1. The number of hydrogen-bond acceptors (Lipinski definition) is 1. The highest BCUT2D eigenvalue weighted by Crippen LogP contribution is 2.21. The van der Waals surface area contributed by atoms with E-state index in [0.29, 0.717) is 19.5 Å². The molecule has 1 aliphatic rings. The summed E-state index contributed by atoms with van der Waals surface area (Å²) >= 11 is 5.92. The van der Waals surface area contributed by atoms with Gasteiger partial charge < -0.3 is 4.90 Å². The van der Waals surface area contributed by atoms with Crippen LogP contribution in [0.5, 0.6) is 0 Å². The van der Waals surface area contributed by atoms with Crippen LogP contribution in [0.15, 0.2) is 12.1 Å². The van der Waals surface area contributed by atoms with E-state index in [1.54, 1.807) is 0 Å². The normalized spacial score (nSPS) is 20.0. The van der Waals surface area contributed by atoms with Crippen LogP contribution in [0.3, 0.4) is 0 Å². The van der Waals surface area contributed by atoms with Gasteiger partial charge in [0.2, 0.25) is 0 Å². The summed E-state index contributed by atoms with van der Waals surface area (Å²) in [5.41, 5.74) is -0.459. The molecule has 1 heterocycles. The molecule has 2 rings (SSSR count). The second-order valence-electron chi connectivity index (χ2n) is 4.21. The van der Waals surface area contributed by atoms with Crippen molar-refractivity contribution in [2.24, 2.45) is 0 Å². The minimum Gasteiger partial charge on any atom is -0.337 e.